The van der Waals surface area contributed by atoms with Crippen LogP contribution in [0.15, 0.2) is 0 Å². The van der Waals surface area contributed by atoms with E-state index in [0.717, 1.165) is 29.8 Å². The third-order valence-corrected chi connectivity index (χ3v) is 5.53. The van der Waals surface area contributed by atoms with Gasteiger partial charge in [-0.15, -0.1) is 0 Å². The van der Waals surface area contributed by atoms with Crippen LogP contribution < -0.4 is 5.32 Å². The highest BCUT2D eigenvalue weighted by molar-refractivity contribution is 4.92. The largest absolute Gasteiger partial charge is 0.312 e. The van der Waals surface area contributed by atoms with Gasteiger partial charge >= 0.3 is 0 Å². The number of hydrogen-bond donors (Lipinski definition) is 1. The van der Waals surface area contributed by atoms with E-state index >= 15 is 0 Å². The first-order valence-corrected chi connectivity index (χ1v) is 8.73. The molecule has 3 fully saturated rings. The first-order chi connectivity index (χ1) is 9.26. The van der Waals surface area contributed by atoms with Crippen molar-refractivity contribution in [3.05, 3.63) is 0 Å². The van der Waals surface area contributed by atoms with Gasteiger partial charge in [-0.3, -0.25) is 4.90 Å². The molecule has 19 heavy (non-hydrogen) atoms. The van der Waals surface area contributed by atoms with Crippen molar-refractivity contribution >= 4 is 0 Å². The first-order valence-electron chi connectivity index (χ1n) is 8.73. The fourth-order valence-electron chi connectivity index (χ4n) is 3.87. The van der Waals surface area contributed by atoms with Crippen molar-refractivity contribution in [3.63, 3.8) is 0 Å². The van der Waals surface area contributed by atoms with Gasteiger partial charge in [-0.25, -0.2) is 0 Å². The Kier molecular flexibility index (Phi) is 4.48. The maximum atomic E-state index is 3.87. The fraction of sp³-hybridized carbons (Fsp3) is 1.00. The van der Waals surface area contributed by atoms with E-state index < -0.39 is 0 Å². The van der Waals surface area contributed by atoms with Crippen LogP contribution >= 0.6 is 0 Å². The summed E-state index contributed by atoms with van der Waals surface area (Å²) in [6, 6.07) is 1.61. The summed E-state index contributed by atoms with van der Waals surface area (Å²) in [5, 5.41) is 3.87. The van der Waals surface area contributed by atoms with Crippen LogP contribution in [-0.2, 0) is 0 Å². The lowest BCUT2D eigenvalue weighted by atomic mass is 9.89. The van der Waals surface area contributed by atoms with Gasteiger partial charge in [0.1, 0.15) is 0 Å². The van der Waals surface area contributed by atoms with Crippen LogP contribution in [0.1, 0.15) is 58.8 Å². The summed E-state index contributed by atoms with van der Waals surface area (Å²) in [5.74, 6) is 2.97. The molecule has 0 aromatic heterocycles. The average Bonchev–Trinajstić information content (AvgIpc) is 3.29. The topological polar surface area (TPSA) is 15.3 Å². The molecule has 1 N–H and O–H groups in total. The molecule has 0 aromatic carbocycles. The van der Waals surface area contributed by atoms with Gasteiger partial charge in [-0.1, -0.05) is 13.3 Å². The number of likely N-dealkylation sites (tertiary alicyclic amines) is 1. The van der Waals surface area contributed by atoms with Gasteiger partial charge in [0.05, 0.1) is 0 Å². The maximum absolute atomic E-state index is 3.87. The lowest BCUT2D eigenvalue weighted by Crippen LogP contribution is -2.52. The number of hydrogen-bond acceptors (Lipinski definition) is 2. The second-order valence-corrected chi connectivity index (χ2v) is 7.47. The SMILES string of the molecule is CCCC1CC(NCC2CC2)CN(C(C)C2CC2)C1. The Morgan fingerprint density at radius 2 is 1.89 bits per heavy atom. The van der Waals surface area contributed by atoms with Crippen LogP contribution in [0.2, 0.25) is 0 Å². The van der Waals surface area contributed by atoms with Crippen molar-refractivity contribution in [3.8, 4) is 0 Å². The van der Waals surface area contributed by atoms with E-state index in [1.165, 1.54) is 64.6 Å². The Morgan fingerprint density at radius 3 is 2.53 bits per heavy atom. The molecule has 0 aromatic rings. The number of piperidine rings is 1. The Bertz CT molecular complexity index is 283. The van der Waals surface area contributed by atoms with E-state index in [4.69, 9.17) is 0 Å². The minimum Gasteiger partial charge on any atom is -0.312 e. The Hall–Kier alpha value is -0.0800. The Morgan fingerprint density at radius 1 is 1.11 bits per heavy atom. The molecule has 0 spiro atoms. The predicted molar refractivity (Wildman–Crippen MR) is 81.3 cm³/mol. The number of rotatable bonds is 7. The average molecular weight is 264 g/mol. The Labute approximate surface area is 119 Å². The van der Waals surface area contributed by atoms with Crippen molar-refractivity contribution in [2.75, 3.05) is 19.6 Å². The zero-order valence-electron chi connectivity index (χ0n) is 12.9. The molecule has 3 atom stereocenters. The lowest BCUT2D eigenvalue weighted by Gasteiger charge is -2.41. The van der Waals surface area contributed by atoms with Crippen LogP contribution in [0, 0.1) is 17.8 Å². The zero-order valence-corrected chi connectivity index (χ0v) is 12.9. The van der Waals surface area contributed by atoms with Crippen molar-refractivity contribution in [2.45, 2.75) is 70.9 Å². The molecule has 2 saturated carbocycles. The van der Waals surface area contributed by atoms with Gasteiger partial charge in [-0.05, 0) is 69.7 Å². The van der Waals surface area contributed by atoms with Crippen LogP contribution in [0.4, 0.5) is 0 Å². The maximum Gasteiger partial charge on any atom is 0.0198 e. The van der Waals surface area contributed by atoms with Gasteiger partial charge in [0.15, 0.2) is 0 Å². The monoisotopic (exact) mass is 264 g/mol. The van der Waals surface area contributed by atoms with Crippen molar-refractivity contribution in [2.24, 2.45) is 17.8 Å². The molecule has 0 amide bonds. The highest BCUT2D eigenvalue weighted by Gasteiger charge is 2.36. The molecule has 1 aliphatic heterocycles. The summed E-state index contributed by atoms with van der Waals surface area (Å²) in [4.78, 5) is 2.81. The molecule has 110 valence electrons. The summed E-state index contributed by atoms with van der Waals surface area (Å²) in [5.41, 5.74) is 0. The van der Waals surface area contributed by atoms with E-state index in [9.17, 15) is 0 Å². The molecule has 3 aliphatic rings. The zero-order chi connectivity index (χ0) is 13.2. The number of nitrogens with one attached hydrogen (secondary N) is 1. The number of nitrogens with zero attached hydrogens (tertiary/aromatic N) is 1. The van der Waals surface area contributed by atoms with Crippen LogP contribution in [0.3, 0.4) is 0 Å². The highest BCUT2D eigenvalue weighted by atomic mass is 15.2. The quantitative estimate of drug-likeness (QED) is 0.759. The van der Waals surface area contributed by atoms with Gasteiger partial charge in [-0.2, -0.15) is 0 Å². The van der Waals surface area contributed by atoms with Gasteiger partial charge in [0.2, 0.25) is 0 Å². The molecule has 0 bridgehead atoms. The van der Waals surface area contributed by atoms with Crippen molar-refractivity contribution in [1.82, 2.24) is 10.2 Å². The van der Waals surface area contributed by atoms with Crippen LogP contribution in [0.25, 0.3) is 0 Å². The van der Waals surface area contributed by atoms with Crippen LogP contribution in [0.5, 0.6) is 0 Å². The molecule has 0 radical (unpaired) electrons. The second-order valence-electron chi connectivity index (χ2n) is 7.47. The van der Waals surface area contributed by atoms with Gasteiger partial charge in [0.25, 0.3) is 0 Å². The molecule has 1 heterocycles. The van der Waals surface area contributed by atoms with E-state index in [1.54, 1.807) is 0 Å². The molecular weight excluding hydrogens is 232 g/mol. The predicted octanol–water partition coefficient (Wildman–Crippen LogP) is 3.28. The summed E-state index contributed by atoms with van der Waals surface area (Å²) >= 11 is 0. The van der Waals surface area contributed by atoms with E-state index in [0.29, 0.717) is 0 Å². The fourth-order valence-corrected chi connectivity index (χ4v) is 3.87. The molecule has 2 heteroatoms. The van der Waals surface area contributed by atoms with Gasteiger partial charge in [0, 0.05) is 25.2 Å². The van der Waals surface area contributed by atoms with Crippen molar-refractivity contribution < 1.29 is 0 Å². The summed E-state index contributed by atoms with van der Waals surface area (Å²) in [6.45, 7) is 8.78. The molecule has 2 aliphatic carbocycles. The normalized spacial score (nSPS) is 34.4. The molecular formula is C17H32N2. The van der Waals surface area contributed by atoms with Gasteiger partial charge < -0.3 is 5.32 Å². The summed E-state index contributed by atoms with van der Waals surface area (Å²) < 4.78 is 0. The van der Waals surface area contributed by atoms with E-state index in [2.05, 4.69) is 24.1 Å². The Balaban J connectivity index is 1.52. The molecule has 1 saturated heterocycles. The summed E-state index contributed by atoms with van der Waals surface area (Å²) in [7, 11) is 0. The summed E-state index contributed by atoms with van der Waals surface area (Å²) in [6.07, 6.45) is 10.1. The van der Waals surface area contributed by atoms with E-state index in [1.807, 2.05) is 0 Å². The smallest absolute Gasteiger partial charge is 0.0198 e. The third kappa shape index (κ3) is 3.95. The third-order valence-electron chi connectivity index (χ3n) is 5.53. The van der Waals surface area contributed by atoms with Crippen LogP contribution in [-0.4, -0.2) is 36.6 Å². The van der Waals surface area contributed by atoms with E-state index in [-0.39, 0.29) is 0 Å². The minimum atomic E-state index is 0.770. The highest BCUT2D eigenvalue weighted by Crippen LogP contribution is 2.37. The second kappa shape index (κ2) is 6.13. The standard InChI is InChI=1S/C17H32N2/c1-3-4-15-9-17(18-10-14-5-6-14)12-19(11-15)13(2)16-7-8-16/h13-18H,3-12H2,1-2H3. The lowest BCUT2D eigenvalue weighted by molar-refractivity contribution is 0.0902. The molecule has 3 unspecified atom stereocenters. The van der Waals surface area contributed by atoms with Crippen molar-refractivity contribution in [1.29, 1.82) is 0 Å². The minimum absolute atomic E-state index is 0.770. The molecule has 3 rings (SSSR count). The molecule has 2 nitrogen and oxygen atoms in total. The first kappa shape index (κ1) is 13.9.